The summed E-state index contributed by atoms with van der Waals surface area (Å²) in [7, 11) is 0. The number of aryl methyl sites for hydroxylation is 1. The maximum absolute atomic E-state index is 12.4. The summed E-state index contributed by atoms with van der Waals surface area (Å²) in [5.74, 6) is -1.82. The average molecular weight is 319 g/mol. The van der Waals surface area contributed by atoms with E-state index in [2.05, 4.69) is 5.32 Å². The molecule has 0 bridgehead atoms. The fraction of sp³-hybridized carbons (Fsp3) is 0.438. The van der Waals surface area contributed by atoms with Gasteiger partial charge in [0.05, 0.1) is 11.0 Å². The van der Waals surface area contributed by atoms with Crippen molar-refractivity contribution in [3.8, 4) is 0 Å². The van der Waals surface area contributed by atoms with Crippen molar-refractivity contribution < 1.29 is 14.7 Å². The number of para-hydroxylation sites is 2. The molecule has 23 heavy (non-hydrogen) atoms. The van der Waals surface area contributed by atoms with Gasteiger partial charge in [-0.3, -0.25) is 13.9 Å². The lowest BCUT2D eigenvalue weighted by atomic mass is 10.1. The third-order valence-corrected chi connectivity index (χ3v) is 3.79. The molecule has 2 rings (SSSR count). The Morgan fingerprint density at radius 2 is 1.74 bits per heavy atom. The molecule has 2 N–H and O–H groups in total. The second-order valence-corrected chi connectivity index (χ2v) is 5.73. The van der Waals surface area contributed by atoms with Crippen LogP contribution < -0.4 is 11.0 Å². The van der Waals surface area contributed by atoms with Crippen LogP contribution in [0.2, 0.25) is 0 Å². The first-order chi connectivity index (χ1) is 10.9. The van der Waals surface area contributed by atoms with Gasteiger partial charge in [0.2, 0.25) is 5.91 Å². The van der Waals surface area contributed by atoms with E-state index in [1.807, 2.05) is 19.1 Å². The number of imidazole rings is 1. The standard InChI is InChI=1S/C16H21N3O4/c1-4-18-11-7-5-6-8-12(11)19(16(18)23)9-13(20)17-14(10(2)3)15(21)22/h5-8,10,14H,4,9H2,1-3H3,(H,17,20)(H,21,22)/t14-/m0/s1. The van der Waals surface area contributed by atoms with Crippen molar-refractivity contribution in [2.75, 3.05) is 0 Å². The van der Waals surface area contributed by atoms with Crippen molar-refractivity contribution >= 4 is 22.9 Å². The lowest BCUT2D eigenvalue weighted by Crippen LogP contribution is -2.46. The van der Waals surface area contributed by atoms with Gasteiger partial charge in [-0.2, -0.15) is 0 Å². The maximum atomic E-state index is 12.4. The number of aliphatic carboxylic acids is 1. The number of benzene rings is 1. The number of fused-ring (bicyclic) bond motifs is 1. The summed E-state index contributed by atoms with van der Waals surface area (Å²) in [5, 5.41) is 11.6. The molecule has 7 nitrogen and oxygen atoms in total. The molecule has 0 spiro atoms. The van der Waals surface area contributed by atoms with Crippen LogP contribution in [0.15, 0.2) is 29.1 Å². The largest absolute Gasteiger partial charge is 0.480 e. The first kappa shape index (κ1) is 16.8. The van der Waals surface area contributed by atoms with E-state index >= 15 is 0 Å². The third kappa shape index (κ3) is 3.28. The average Bonchev–Trinajstić information content (AvgIpc) is 2.76. The number of rotatable bonds is 6. The number of carbonyl (C=O) groups excluding carboxylic acids is 1. The maximum Gasteiger partial charge on any atom is 0.329 e. The quantitative estimate of drug-likeness (QED) is 0.832. The summed E-state index contributed by atoms with van der Waals surface area (Å²) in [6.45, 7) is 5.58. The minimum atomic E-state index is -1.09. The molecule has 0 aliphatic heterocycles. The SMILES string of the molecule is CCn1c(=O)n(CC(=O)N[C@H](C(=O)O)C(C)C)c2ccccc21. The van der Waals surface area contributed by atoms with Crippen molar-refractivity contribution in [2.24, 2.45) is 5.92 Å². The summed E-state index contributed by atoms with van der Waals surface area (Å²) in [6, 6.07) is 6.25. The first-order valence-corrected chi connectivity index (χ1v) is 7.57. The molecule has 0 saturated heterocycles. The van der Waals surface area contributed by atoms with Crippen LogP contribution >= 0.6 is 0 Å². The number of amides is 1. The van der Waals surface area contributed by atoms with E-state index in [4.69, 9.17) is 5.11 Å². The van der Waals surface area contributed by atoms with Gasteiger partial charge in [-0.1, -0.05) is 26.0 Å². The van der Waals surface area contributed by atoms with Gasteiger partial charge in [0.25, 0.3) is 0 Å². The summed E-state index contributed by atoms with van der Waals surface area (Å²) in [6.07, 6.45) is 0. The molecule has 1 heterocycles. The minimum Gasteiger partial charge on any atom is -0.480 e. The molecule has 2 aromatic rings. The van der Waals surface area contributed by atoms with Crippen LogP contribution in [0.25, 0.3) is 11.0 Å². The predicted octanol–water partition coefficient (Wildman–Crippen LogP) is 1.05. The molecule has 7 heteroatoms. The number of carboxylic acid groups (broad SMARTS) is 1. The van der Waals surface area contributed by atoms with Gasteiger partial charge in [-0.05, 0) is 25.0 Å². The fourth-order valence-corrected chi connectivity index (χ4v) is 2.61. The molecule has 0 saturated carbocycles. The van der Waals surface area contributed by atoms with Gasteiger partial charge in [0, 0.05) is 6.54 Å². The Morgan fingerprint density at radius 3 is 2.22 bits per heavy atom. The van der Waals surface area contributed by atoms with E-state index in [1.54, 1.807) is 30.5 Å². The van der Waals surface area contributed by atoms with Crippen molar-refractivity contribution in [1.82, 2.24) is 14.5 Å². The van der Waals surface area contributed by atoms with Crippen LogP contribution in [-0.4, -0.2) is 32.2 Å². The molecule has 0 fully saturated rings. The van der Waals surface area contributed by atoms with Crippen LogP contribution in [0.1, 0.15) is 20.8 Å². The highest BCUT2D eigenvalue weighted by Crippen LogP contribution is 2.12. The van der Waals surface area contributed by atoms with E-state index in [9.17, 15) is 14.4 Å². The fourth-order valence-electron chi connectivity index (χ4n) is 2.61. The van der Waals surface area contributed by atoms with Crippen molar-refractivity contribution in [3.63, 3.8) is 0 Å². The monoisotopic (exact) mass is 319 g/mol. The number of carbonyl (C=O) groups is 2. The van der Waals surface area contributed by atoms with Crippen molar-refractivity contribution in [3.05, 3.63) is 34.7 Å². The zero-order chi connectivity index (χ0) is 17.1. The molecule has 0 radical (unpaired) electrons. The summed E-state index contributed by atoms with van der Waals surface area (Å²) in [4.78, 5) is 35.8. The van der Waals surface area contributed by atoms with Crippen molar-refractivity contribution in [1.29, 1.82) is 0 Å². The number of aromatic nitrogens is 2. The van der Waals surface area contributed by atoms with Crippen LogP contribution in [0, 0.1) is 5.92 Å². The molecule has 0 aliphatic rings. The third-order valence-electron chi connectivity index (χ3n) is 3.79. The normalized spacial score (nSPS) is 12.5. The highest BCUT2D eigenvalue weighted by Gasteiger charge is 2.24. The molecular weight excluding hydrogens is 298 g/mol. The summed E-state index contributed by atoms with van der Waals surface area (Å²) in [5.41, 5.74) is 1.14. The number of hydrogen-bond acceptors (Lipinski definition) is 3. The van der Waals surface area contributed by atoms with Crippen LogP contribution in [0.4, 0.5) is 0 Å². The molecule has 124 valence electrons. The molecule has 1 aromatic heterocycles. The number of nitrogens with one attached hydrogen (secondary N) is 1. The lowest BCUT2D eigenvalue weighted by molar-refractivity contribution is -0.143. The number of nitrogens with zero attached hydrogens (tertiary/aromatic N) is 2. The summed E-state index contributed by atoms with van der Waals surface area (Å²) >= 11 is 0. The molecule has 0 unspecified atom stereocenters. The van der Waals surface area contributed by atoms with E-state index in [-0.39, 0.29) is 18.2 Å². The Hall–Kier alpha value is -2.57. The molecule has 1 aromatic carbocycles. The lowest BCUT2D eigenvalue weighted by Gasteiger charge is -2.17. The molecule has 1 atom stereocenters. The van der Waals surface area contributed by atoms with Gasteiger partial charge >= 0.3 is 11.7 Å². The highest BCUT2D eigenvalue weighted by molar-refractivity contribution is 5.85. The number of carboxylic acids is 1. The topological polar surface area (TPSA) is 93.3 Å². The Morgan fingerprint density at radius 1 is 1.17 bits per heavy atom. The van der Waals surface area contributed by atoms with E-state index in [1.165, 1.54) is 4.57 Å². The van der Waals surface area contributed by atoms with Crippen LogP contribution in [-0.2, 0) is 22.7 Å². The van der Waals surface area contributed by atoms with Gasteiger partial charge in [0.15, 0.2) is 0 Å². The van der Waals surface area contributed by atoms with Crippen LogP contribution in [0.3, 0.4) is 0 Å². The predicted molar refractivity (Wildman–Crippen MR) is 86.3 cm³/mol. The Balaban J connectivity index is 2.32. The van der Waals surface area contributed by atoms with Gasteiger partial charge in [0.1, 0.15) is 12.6 Å². The van der Waals surface area contributed by atoms with Gasteiger partial charge < -0.3 is 10.4 Å². The highest BCUT2D eigenvalue weighted by atomic mass is 16.4. The Kier molecular flexibility index (Phi) is 4.88. The zero-order valence-corrected chi connectivity index (χ0v) is 13.4. The van der Waals surface area contributed by atoms with E-state index < -0.39 is 17.9 Å². The Labute approximate surface area is 133 Å². The van der Waals surface area contributed by atoms with Gasteiger partial charge in [-0.25, -0.2) is 9.59 Å². The molecular formula is C16H21N3O4. The van der Waals surface area contributed by atoms with Crippen molar-refractivity contribution in [2.45, 2.75) is 39.9 Å². The smallest absolute Gasteiger partial charge is 0.329 e. The second kappa shape index (κ2) is 6.68. The Bertz CT molecular complexity index is 788. The molecule has 0 aliphatic carbocycles. The van der Waals surface area contributed by atoms with E-state index in [0.29, 0.717) is 12.1 Å². The van der Waals surface area contributed by atoms with Crippen LogP contribution in [0.5, 0.6) is 0 Å². The first-order valence-electron chi connectivity index (χ1n) is 7.57. The number of hydrogen-bond donors (Lipinski definition) is 2. The summed E-state index contributed by atoms with van der Waals surface area (Å²) < 4.78 is 2.95. The van der Waals surface area contributed by atoms with Gasteiger partial charge in [-0.15, -0.1) is 0 Å². The van der Waals surface area contributed by atoms with E-state index in [0.717, 1.165) is 5.52 Å². The minimum absolute atomic E-state index is 0.206. The molecule has 1 amide bonds. The second-order valence-electron chi connectivity index (χ2n) is 5.73. The zero-order valence-electron chi connectivity index (χ0n) is 13.4.